The molecule has 2 heterocycles. The first-order valence-corrected chi connectivity index (χ1v) is 9.83. The monoisotopic (exact) mass is 342 g/mol. The van der Waals surface area contributed by atoms with Crippen LogP contribution in [0.25, 0.3) is 0 Å². The van der Waals surface area contributed by atoms with Gasteiger partial charge in [-0.05, 0) is 24.1 Å². The van der Waals surface area contributed by atoms with Crippen LogP contribution in [0.4, 0.5) is 0 Å². The molecule has 0 saturated carbocycles. The molecule has 2 aromatic rings. The minimum absolute atomic E-state index is 0.149. The molecule has 2 fully saturated rings. The van der Waals surface area contributed by atoms with Crippen LogP contribution < -0.4 is 0 Å². The fourth-order valence-electron chi connectivity index (χ4n) is 3.95. The lowest BCUT2D eigenvalue weighted by Crippen LogP contribution is -2.57. The van der Waals surface area contributed by atoms with Crippen molar-refractivity contribution in [3.63, 3.8) is 0 Å². The summed E-state index contributed by atoms with van der Waals surface area (Å²) < 4.78 is 27.2. The van der Waals surface area contributed by atoms with Gasteiger partial charge in [-0.2, -0.15) is 4.31 Å². The molecule has 0 N–H and O–H groups in total. The van der Waals surface area contributed by atoms with E-state index in [9.17, 15) is 8.42 Å². The lowest BCUT2D eigenvalue weighted by Gasteiger charge is -2.48. The van der Waals surface area contributed by atoms with Gasteiger partial charge in [0.1, 0.15) is 0 Å². The van der Waals surface area contributed by atoms with Crippen molar-refractivity contribution in [2.24, 2.45) is 5.41 Å². The zero-order chi connectivity index (χ0) is 16.6. The van der Waals surface area contributed by atoms with E-state index in [-0.39, 0.29) is 5.41 Å². The Hall–Kier alpha value is -1.69. The number of benzene rings is 2. The Balaban J connectivity index is 1.39. The van der Waals surface area contributed by atoms with Gasteiger partial charge in [0.05, 0.1) is 4.90 Å². The quantitative estimate of drug-likeness (QED) is 0.857. The molecule has 0 unspecified atom stereocenters. The van der Waals surface area contributed by atoms with Gasteiger partial charge in [0.15, 0.2) is 0 Å². The summed E-state index contributed by atoms with van der Waals surface area (Å²) in [5.41, 5.74) is 1.47. The standard InChI is InChI=1S/C19H22N2O2S/c22-24(23,18-9-5-2-6-10-18)21-12-11-19(16-21)14-20(15-19)13-17-7-3-1-4-8-17/h1-10H,11-16H2. The average molecular weight is 342 g/mol. The van der Waals surface area contributed by atoms with Crippen molar-refractivity contribution < 1.29 is 8.42 Å². The third-order valence-corrected chi connectivity index (χ3v) is 7.01. The number of rotatable bonds is 4. The number of hydrogen-bond acceptors (Lipinski definition) is 3. The predicted molar refractivity (Wildman–Crippen MR) is 94.0 cm³/mol. The van der Waals surface area contributed by atoms with Crippen LogP contribution in [-0.2, 0) is 16.6 Å². The minimum atomic E-state index is -3.35. The van der Waals surface area contributed by atoms with E-state index in [1.807, 2.05) is 12.1 Å². The Morgan fingerprint density at radius 3 is 2.17 bits per heavy atom. The fraction of sp³-hybridized carbons (Fsp3) is 0.368. The van der Waals surface area contributed by atoms with Crippen LogP contribution >= 0.6 is 0 Å². The third-order valence-electron chi connectivity index (χ3n) is 5.15. The van der Waals surface area contributed by atoms with Gasteiger partial charge in [-0.15, -0.1) is 0 Å². The van der Waals surface area contributed by atoms with E-state index in [1.165, 1.54) is 5.56 Å². The third kappa shape index (κ3) is 2.88. The summed E-state index contributed by atoms with van der Waals surface area (Å²) in [6, 6.07) is 19.2. The second-order valence-electron chi connectivity index (χ2n) is 7.03. The zero-order valence-electron chi connectivity index (χ0n) is 13.6. The molecule has 4 nitrogen and oxygen atoms in total. The minimum Gasteiger partial charge on any atom is -0.298 e. The van der Waals surface area contributed by atoms with Crippen molar-refractivity contribution >= 4 is 10.0 Å². The molecular weight excluding hydrogens is 320 g/mol. The van der Waals surface area contributed by atoms with Gasteiger partial charge < -0.3 is 0 Å². The molecule has 24 heavy (non-hydrogen) atoms. The molecule has 2 aliphatic heterocycles. The van der Waals surface area contributed by atoms with E-state index in [0.717, 1.165) is 26.1 Å². The topological polar surface area (TPSA) is 40.6 Å². The normalized spacial score (nSPS) is 21.0. The summed E-state index contributed by atoms with van der Waals surface area (Å²) in [5, 5.41) is 0. The van der Waals surface area contributed by atoms with Crippen LogP contribution in [0.15, 0.2) is 65.6 Å². The van der Waals surface area contributed by atoms with Crippen LogP contribution in [0.2, 0.25) is 0 Å². The maximum absolute atomic E-state index is 12.7. The predicted octanol–water partition coefficient (Wildman–Crippen LogP) is 2.58. The smallest absolute Gasteiger partial charge is 0.243 e. The summed E-state index contributed by atoms with van der Waals surface area (Å²) in [5.74, 6) is 0. The molecule has 2 saturated heterocycles. The molecule has 0 aliphatic carbocycles. The fourth-order valence-corrected chi connectivity index (χ4v) is 5.53. The van der Waals surface area contributed by atoms with Crippen molar-refractivity contribution in [3.05, 3.63) is 66.2 Å². The van der Waals surface area contributed by atoms with Crippen molar-refractivity contribution in [2.45, 2.75) is 17.9 Å². The van der Waals surface area contributed by atoms with Crippen molar-refractivity contribution in [2.75, 3.05) is 26.2 Å². The van der Waals surface area contributed by atoms with Crippen molar-refractivity contribution in [1.82, 2.24) is 9.21 Å². The SMILES string of the molecule is O=S(=O)(c1ccccc1)N1CCC2(CN(Cc3ccccc3)C2)C1. The number of hydrogen-bond donors (Lipinski definition) is 0. The van der Waals surface area contributed by atoms with E-state index in [0.29, 0.717) is 18.0 Å². The number of likely N-dealkylation sites (tertiary alicyclic amines) is 1. The summed E-state index contributed by atoms with van der Waals surface area (Å²) >= 11 is 0. The molecule has 1 spiro atoms. The molecule has 4 rings (SSSR count). The van der Waals surface area contributed by atoms with Gasteiger partial charge in [0, 0.05) is 38.1 Å². The van der Waals surface area contributed by atoms with E-state index in [2.05, 4.69) is 29.2 Å². The molecule has 2 aliphatic rings. The Labute approximate surface area is 143 Å². The summed E-state index contributed by atoms with van der Waals surface area (Å²) in [7, 11) is -3.35. The van der Waals surface area contributed by atoms with Gasteiger partial charge in [-0.3, -0.25) is 4.90 Å². The lowest BCUT2D eigenvalue weighted by atomic mass is 9.79. The first kappa shape index (κ1) is 15.8. The molecule has 0 amide bonds. The van der Waals surface area contributed by atoms with Crippen LogP contribution in [-0.4, -0.2) is 43.8 Å². The zero-order valence-corrected chi connectivity index (χ0v) is 14.5. The highest BCUT2D eigenvalue weighted by molar-refractivity contribution is 7.89. The molecule has 2 aromatic carbocycles. The van der Waals surface area contributed by atoms with Crippen LogP contribution in [0.3, 0.4) is 0 Å². The molecule has 0 atom stereocenters. The highest BCUT2D eigenvalue weighted by Gasteiger charge is 2.50. The van der Waals surface area contributed by atoms with Gasteiger partial charge in [-0.1, -0.05) is 48.5 Å². The van der Waals surface area contributed by atoms with Crippen molar-refractivity contribution in [1.29, 1.82) is 0 Å². The van der Waals surface area contributed by atoms with E-state index in [1.54, 1.807) is 28.6 Å². The lowest BCUT2D eigenvalue weighted by molar-refractivity contribution is 0.00651. The molecule has 0 bridgehead atoms. The number of nitrogens with zero attached hydrogens (tertiary/aromatic N) is 2. The Morgan fingerprint density at radius 1 is 0.875 bits per heavy atom. The van der Waals surface area contributed by atoms with E-state index in [4.69, 9.17) is 0 Å². The Kier molecular flexibility index (Phi) is 3.95. The second kappa shape index (κ2) is 5.99. The summed E-state index contributed by atoms with van der Waals surface area (Å²) in [4.78, 5) is 2.82. The Morgan fingerprint density at radius 2 is 1.50 bits per heavy atom. The molecule has 0 radical (unpaired) electrons. The van der Waals surface area contributed by atoms with Gasteiger partial charge in [0.2, 0.25) is 10.0 Å². The Bertz CT molecular complexity index is 800. The summed E-state index contributed by atoms with van der Waals surface area (Å²) in [6.07, 6.45) is 0.963. The second-order valence-corrected chi connectivity index (χ2v) is 8.97. The van der Waals surface area contributed by atoms with Crippen molar-refractivity contribution in [3.8, 4) is 0 Å². The van der Waals surface area contributed by atoms with Gasteiger partial charge in [-0.25, -0.2) is 8.42 Å². The average Bonchev–Trinajstić information content (AvgIpc) is 3.03. The number of sulfonamides is 1. The maximum atomic E-state index is 12.7. The molecule has 5 heteroatoms. The van der Waals surface area contributed by atoms with Gasteiger partial charge >= 0.3 is 0 Å². The molecule has 0 aromatic heterocycles. The first-order chi connectivity index (χ1) is 11.6. The maximum Gasteiger partial charge on any atom is 0.243 e. The summed E-state index contributed by atoms with van der Waals surface area (Å²) in [6.45, 7) is 4.21. The van der Waals surface area contributed by atoms with Crippen LogP contribution in [0, 0.1) is 5.41 Å². The highest BCUT2D eigenvalue weighted by Crippen LogP contribution is 2.41. The van der Waals surface area contributed by atoms with Crippen LogP contribution in [0.1, 0.15) is 12.0 Å². The van der Waals surface area contributed by atoms with Gasteiger partial charge in [0.25, 0.3) is 0 Å². The van der Waals surface area contributed by atoms with E-state index < -0.39 is 10.0 Å². The largest absolute Gasteiger partial charge is 0.298 e. The van der Waals surface area contributed by atoms with E-state index >= 15 is 0 Å². The first-order valence-electron chi connectivity index (χ1n) is 8.39. The van der Waals surface area contributed by atoms with Crippen LogP contribution in [0.5, 0.6) is 0 Å². The molecule has 126 valence electrons. The highest BCUT2D eigenvalue weighted by atomic mass is 32.2. The molecular formula is C19H22N2O2S.